The summed E-state index contributed by atoms with van der Waals surface area (Å²) in [5, 5.41) is 0. The quantitative estimate of drug-likeness (QED) is 0.507. The van der Waals surface area contributed by atoms with Gasteiger partial charge in [-0.3, -0.25) is 0 Å². The third-order valence-corrected chi connectivity index (χ3v) is 7.55. The van der Waals surface area contributed by atoms with E-state index in [9.17, 15) is 0 Å². The average Bonchev–Trinajstić information content (AvgIpc) is 2.89. The summed E-state index contributed by atoms with van der Waals surface area (Å²) in [4.78, 5) is 4.70. The van der Waals surface area contributed by atoms with E-state index in [0.29, 0.717) is 18.8 Å². The molecule has 3 aromatic carbocycles. The molecule has 1 aliphatic carbocycles. The topological polar surface area (TPSA) is 24.9 Å². The maximum Gasteiger partial charge on any atom is 0.161 e. The van der Waals surface area contributed by atoms with Crippen molar-refractivity contribution in [3.05, 3.63) is 90.0 Å². The van der Waals surface area contributed by atoms with Gasteiger partial charge in [-0.25, -0.2) is 0 Å². The molecule has 4 nitrogen and oxygen atoms in total. The lowest BCUT2D eigenvalue weighted by atomic mass is 9.76. The first-order valence-electron chi connectivity index (χ1n) is 12.3. The molecule has 3 unspecified atom stereocenters. The summed E-state index contributed by atoms with van der Waals surface area (Å²) in [6, 6.07) is 28.1. The fourth-order valence-corrected chi connectivity index (χ4v) is 5.83. The van der Waals surface area contributed by atoms with E-state index in [1.165, 1.54) is 41.8 Å². The minimum Gasteiger partial charge on any atom is -0.473 e. The van der Waals surface area contributed by atoms with Gasteiger partial charge >= 0.3 is 0 Å². The molecular weight excluding hydrogens is 408 g/mol. The van der Waals surface area contributed by atoms with E-state index < -0.39 is 0 Å². The van der Waals surface area contributed by atoms with Crippen molar-refractivity contribution in [3.63, 3.8) is 0 Å². The number of rotatable bonds is 4. The van der Waals surface area contributed by atoms with Crippen LogP contribution in [0.25, 0.3) is 0 Å². The Morgan fingerprint density at radius 1 is 0.788 bits per heavy atom. The van der Waals surface area contributed by atoms with E-state index in [1.54, 1.807) is 0 Å². The second kappa shape index (κ2) is 9.11. The predicted octanol–water partition coefficient (Wildman–Crippen LogP) is 5.86. The van der Waals surface area contributed by atoms with Gasteiger partial charge in [-0.05, 0) is 67.5 Å². The summed E-state index contributed by atoms with van der Waals surface area (Å²) in [5.41, 5.74) is 5.22. The van der Waals surface area contributed by atoms with Gasteiger partial charge in [0.05, 0.1) is 6.10 Å². The van der Waals surface area contributed by atoms with Crippen molar-refractivity contribution in [2.75, 3.05) is 29.8 Å². The van der Waals surface area contributed by atoms with Gasteiger partial charge in [0.2, 0.25) is 0 Å². The van der Waals surface area contributed by atoms with Gasteiger partial charge in [-0.1, -0.05) is 48.5 Å². The number of benzene rings is 3. The van der Waals surface area contributed by atoms with Gasteiger partial charge in [0, 0.05) is 35.9 Å². The van der Waals surface area contributed by atoms with Crippen LogP contribution in [0.4, 0.5) is 11.4 Å². The lowest BCUT2D eigenvalue weighted by Gasteiger charge is -2.44. The summed E-state index contributed by atoms with van der Waals surface area (Å²) < 4.78 is 12.3. The number of anilines is 2. The SMILES string of the molecule is c1ccc(N2COc3ccc(CC4CCC5OCN(c6ccccc6)CC5C4)cc3C2)cc1. The monoisotopic (exact) mass is 440 g/mol. The molecule has 2 heterocycles. The van der Waals surface area contributed by atoms with Crippen LogP contribution in [-0.2, 0) is 17.7 Å². The van der Waals surface area contributed by atoms with E-state index in [0.717, 1.165) is 37.9 Å². The second-order valence-electron chi connectivity index (χ2n) is 9.78. The van der Waals surface area contributed by atoms with Crippen LogP contribution < -0.4 is 14.5 Å². The normalized spacial score (nSPS) is 24.5. The van der Waals surface area contributed by atoms with Gasteiger partial charge in [-0.15, -0.1) is 0 Å². The zero-order chi connectivity index (χ0) is 22.0. The summed E-state index contributed by atoms with van der Waals surface area (Å²) in [6.07, 6.45) is 5.27. The maximum absolute atomic E-state index is 6.28. The highest BCUT2D eigenvalue weighted by molar-refractivity contribution is 5.50. The Hall–Kier alpha value is -2.98. The van der Waals surface area contributed by atoms with Crippen molar-refractivity contribution in [2.24, 2.45) is 11.8 Å². The molecule has 33 heavy (non-hydrogen) atoms. The Kier molecular flexibility index (Phi) is 5.69. The van der Waals surface area contributed by atoms with E-state index >= 15 is 0 Å². The number of ether oxygens (including phenoxy) is 2. The van der Waals surface area contributed by atoms with Crippen molar-refractivity contribution in [1.82, 2.24) is 0 Å². The van der Waals surface area contributed by atoms with Crippen LogP contribution in [-0.4, -0.2) is 26.1 Å². The van der Waals surface area contributed by atoms with Gasteiger partial charge in [0.1, 0.15) is 12.5 Å². The van der Waals surface area contributed by atoms with Crippen molar-refractivity contribution < 1.29 is 9.47 Å². The molecular formula is C29H32N2O2. The summed E-state index contributed by atoms with van der Waals surface area (Å²) >= 11 is 0. The van der Waals surface area contributed by atoms with Crippen LogP contribution in [0.2, 0.25) is 0 Å². The third-order valence-electron chi connectivity index (χ3n) is 7.55. The van der Waals surface area contributed by atoms with Crippen molar-refractivity contribution in [2.45, 2.75) is 38.3 Å². The Balaban J connectivity index is 1.11. The molecule has 0 spiro atoms. The van der Waals surface area contributed by atoms with Gasteiger partial charge in [-0.2, -0.15) is 0 Å². The first kappa shape index (κ1) is 20.6. The number of hydrogen-bond acceptors (Lipinski definition) is 4. The number of nitrogens with zero attached hydrogens (tertiary/aromatic N) is 2. The largest absolute Gasteiger partial charge is 0.473 e. The van der Waals surface area contributed by atoms with Crippen LogP contribution in [0.15, 0.2) is 78.9 Å². The lowest BCUT2D eigenvalue weighted by molar-refractivity contribution is -0.0468. The maximum atomic E-state index is 6.28. The fourth-order valence-electron chi connectivity index (χ4n) is 5.83. The van der Waals surface area contributed by atoms with Crippen LogP contribution in [0.5, 0.6) is 5.75 Å². The molecule has 0 radical (unpaired) electrons. The summed E-state index contributed by atoms with van der Waals surface area (Å²) in [5.74, 6) is 2.37. The lowest BCUT2D eigenvalue weighted by Crippen LogP contribution is -2.47. The van der Waals surface area contributed by atoms with Crippen molar-refractivity contribution in [1.29, 1.82) is 0 Å². The highest BCUT2D eigenvalue weighted by Crippen LogP contribution is 2.38. The molecule has 170 valence electrons. The zero-order valence-corrected chi connectivity index (χ0v) is 19.1. The second-order valence-corrected chi connectivity index (χ2v) is 9.78. The van der Waals surface area contributed by atoms with Crippen LogP contribution in [0, 0.1) is 11.8 Å². The third kappa shape index (κ3) is 4.45. The number of hydrogen-bond donors (Lipinski definition) is 0. The summed E-state index contributed by atoms with van der Waals surface area (Å²) in [7, 11) is 0. The minimum absolute atomic E-state index is 0.428. The smallest absolute Gasteiger partial charge is 0.161 e. The first-order chi connectivity index (χ1) is 16.3. The molecule has 0 bridgehead atoms. The zero-order valence-electron chi connectivity index (χ0n) is 19.1. The molecule has 6 rings (SSSR count). The van der Waals surface area contributed by atoms with E-state index in [1.807, 2.05) is 0 Å². The highest BCUT2D eigenvalue weighted by atomic mass is 16.5. The summed E-state index contributed by atoms with van der Waals surface area (Å²) in [6.45, 7) is 3.34. The van der Waals surface area contributed by atoms with Crippen molar-refractivity contribution >= 4 is 11.4 Å². The van der Waals surface area contributed by atoms with Crippen LogP contribution >= 0.6 is 0 Å². The van der Waals surface area contributed by atoms with E-state index in [4.69, 9.17) is 9.47 Å². The fraction of sp³-hybridized carbons (Fsp3) is 0.379. The molecule has 4 heteroatoms. The van der Waals surface area contributed by atoms with Gasteiger partial charge in [0.25, 0.3) is 0 Å². The van der Waals surface area contributed by atoms with Crippen molar-refractivity contribution in [3.8, 4) is 5.75 Å². The Morgan fingerprint density at radius 3 is 2.33 bits per heavy atom. The Bertz CT molecular complexity index is 1070. The molecule has 2 fully saturated rings. The molecule has 3 aromatic rings. The first-order valence-corrected chi connectivity index (χ1v) is 12.3. The molecule has 3 aliphatic rings. The van der Waals surface area contributed by atoms with E-state index in [2.05, 4.69) is 88.7 Å². The minimum atomic E-state index is 0.428. The average molecular weight is 441 g/mol. The number of fused-ring (bicyclic) bond motifs is 2. The Labute approximate surface area is 196 Å². The standard InChI is InChI=1S/C29H32N2O2/c1-3-7-26(8-4-1)30-18-24-16-22(11-13-28(24)32-20-30)15-23-12-14-29-25(17-23)19-31(21-33-29)27-9-5-2-6-10-27/h1-11,13,16,23,25,29H,12,14-15,17-21H2. The molecule has 1 saturated heterocycles. The van der Waals surface area contributed by atoms with Crippen LogP contribution in [0.1, 0.15) is 30.4 Å². The van der Waals surface area contributed by atoms with Gasteiger partial charge < -0.3 is 19.3 Å². The molecule has 3 atom stereocenters. The highest BCUT2D eigenvalue weighted by Gasteiger charge is 2.36. The molecule has 0 N–H and O–H groups in total. The molecule has 0 aromatic heterocycles. The Morgan fingerprint density at radius 2 is 1.55 bits per heavy atom. The predicted molar refractivity (Wildman–Crippen MR) is 133 cm³/mol. The molecule has 0 amide bonds. The van der Waals surface area contributed by atoms with Crippen LogP contribution in [0.3, 0.4) is 0 Å². The molecule has 1 saturated carbocycles. The molecule has 2 aliphatic heterocycles. The number of para-hydroxylation sites is 2. The van der Waals surface area contributed by atoms with Gasteiger partial charge in [0.15, 0.2) is 6.73 Å². The van der Waals surface area contributed by atoms with E-state index in [-0.39, 0.29) is 0 Å².